The number of hydrogen-bond acceptors (Lipinski definition) is 3. The Labute approximate surface area is 133 Å². The Balaban J connectivity index is 1.58. The van der Waals surface area contributed by atoms with Gasteiger partial charge in [0.25, 0.3) is 0 Å². The van der Waals surface area contributed by atoms with Gasteiger partial charge in [-0.3, -0.25) is 0 Å². The molecule has 0 saturated heterocycles. The van der Waals surface area contributed by atoms with Crippen LogP contribution in [-0.4, -0.2) is 20.3 Å². The Morgan fingerprint density at radius 2 is 1.86 bits per heavy atom. The molecule has 0 heterocycles. The van der Waals surface area contributed by atoms with Crippen molar-refractivity contribution in [2.75, 3.05) is 20.3 Å². The quantitative estimate of drug-likeness (QED) is 0.711. The van der Waals surface area contributed by atoms with Crippen LogP contribution in [0, 0.1) is 6.92 Å². The minimum Gasteiger partial charge on any atom is -0.496 e. The molecule has 22 heavy (non-hydrogen) atoms. The highest BCUT2D eigenvalue weighted by Gasteiger charge is 2.00. The van der Waals surface area contributed by atoms with Crippen molar-refractivity contribution in [3.05, 3.63) is 59.7 Å². The fraction of sp³-hybridized carbons (Fsp3) is 0.368. The number of methoxy groups -OCH3 is 1. The molecule has 0 amide bonds. The van der Waals surface area contributed by atoms with Gasteiger partial charge in [0, 0.05) is 12.1 Å². The standard InChI is InChI=1S/C19H25NO2/c1-16-8-7-10-18(14-16)22-13-6-5-12-20-15-17-9-3-4-11-19(17)21-2/h3-4,7-11,14,20H,5-6,12-13,15H2,1-2H3. The molecule has 3 heteroatoms. The third-order valence-corrected chi connectivity index (χ3v) is 3.51. The van der Waals surface area contributed by atoms with Crippen molar-refractivity contribution in [1.82, 2.24) is 5.32 Å². The predicted molar refractivity (Wildman–Crippen MR) is 90.6 cm³/mol. The molecule has 1 N–H and O–H groups in total. The normalized spacial score (nSPS) is 10.5. The molecule has 0 bridgehead atoms. The monoisotopic (exact) mass is 299 g/mol. The zero-order valence-electron chi connectivity index (χ0n) is 13.5. The van der Waals surface area contributed by atoms with Gasteiger partial charge in [0.05, 0.1) is 13.7 Å². The SMILES string of the molecule is COc1ccccc1CNCCCCOc1cccc(C)c1. The lowest BCUT2D eigenvalue weighted by molar-refractivity contribution is 0.305. The molecular formula is C19H25NO2. The molecule has 2 aromatic rings. The molecule has 0 saturated carbocycles. The summed E-state index contributed by atoms with van der Waals surface area (Å²) in [6.07, 6.45) is 2.15. The van der Waals surface area contributed by atoms with E-state index >= 15 is 0 Å². The average Bonchev–Trinajstić information content (AvgIpc) is 2.54. The van der Waals surface area contributed by atoms with E-state index in [9.17, 15) is 0 Å². The maximum atomic E-state index is 5.74. The molecule has 0 aliphatic carbocycles. The summed E-state index contributed by atoms with van der Waals surface area (Å²) in [6, 6.07) is 16.3. The van der Waals surface area contributed by atoms with Crippen LogP contribution in [0.3, 0.4) is 0 Å². The third kappa shape index (κ3) is 5.41. The number of nitrogens with one attached hydrogen (secondary N) is 1. The van der Waals surface area contributed by atoms with Crippen molar-refractivity contribution >= 4 is 0 Å². The highest BCUT2D eigenvalue weighted by molar-refractivity contribution is 5.33. The first-order chi connectivity index (χ1) is 10.8. The van der Waals surface area contributed by atoms with Crippen molar-refractivity contribution < 1.29 is 9.47 Å². The topological polar surface area (TPSA) is 30.5 Å². The van der Waals surface area contributed by atoms with Gasteiger partial charge in [-0.25, -0.2) is 0 Å². The summed E-state index contributed by atoms with van der Waals surface area (Å²) in [5.41, 5.74) is 2.43. The first kappa shape index (κ1) is 16.4. The summed E-state index contributed by atoms with van der Waals surface area (Å²) in [7, 11) is 1.71. The van der Waals surface area contributed by atoms with Crippen LogP contribution < -0.4 is 14.8 Å². The fourth-order valence-corrected chi connectivity index (χ4v) is 2.32. The first-order valence-electron chi connectivity index (χ1n) is 7.81. The van der Waals surface area contributed by atoms with E-state index in [1.54, 1.807) is 7.11 Å². The third-order valence-electron chi connectivity index (χ3n) is 3.51. The fourth-order valence-electron chi connectivity index (χ4n) is 2.32. The Morgan fingerprint density at radius 1 is 1.00 bits per heavy atom. The maximum absolute atomic E-state index is 5.74. The summed E-state index contributed by atoms with van der Waals surface area (Å²) < 4.78 is 11.1. The summed E-state index contributed by atoms with van der Waals surface area (Å²) in [5.74, 6) is 1.90. The molecule has 0 spiro atoms. The molecule has 0 aliphatic heterocycles. The van der Waals surface area contributed by atoms with E-state index in [-0.39, 0.29) is 0 Å². The molecule has 0 radical (unpaired) electrons. The Bertz CT molecular complexity index is 569. The lowest BCUT2D eigenvalue weighted by Crippen LogP contribution is -2.16. The molecular weight excluding hydrogens is 274 g/mol. The van der Waals surface area contributed by atoms with Crippen LogP contribution in [0.5, 0.6) is 11.5 Å². The van der Waals surface area contributed by atoms with Crippen LogP contribution in [0.4, 0.5) is 0 Å². The van der Waals surface area contributed by atoms with Gasteiger partial charge in [-0.05, 0) is 50.1 Å². The second-order valence-corrected chi connectivity index (χ2v) is 5.36. The van der Waals surface area contributed by atoms with Gasteiger partial charge in [0.2, 0.25) is 0 Å². The van der Waals surface area contributed by atoms with Crippen LogP contribution in [0.25, 0.3) is 0 Å². The van der Waals surface area contributed by atoms with E-state index in [0.717, 1.165) is 44.0 Å². The van der Waals surface area contributed by atoms with Gasteiger partial charge in [-0.1, -0.05) is 30.3 Å². The molecule has 2 rings (SSSR count). The molecule has 2 aromatic carbocycles. The Morgan fingerprint density at radius 3 is 2.68 bits per heavy atom. The molecule has 0 fully saturated rings. The van der Waals surface area contributed by atoms with Gasteiger partial charge < -0.3 is 14.8 Å². The van der Waals surface area contributed by atoms with E-state index in [1.165, 1.54) is 11.1 Å². The van der Waals surface area contributed by atoms with Gasteiger partial charge in [-0.2, -0.15) is 0 Å². The Hall–Kier alpha value is -2.00. The van der Waals surface area contributed by atoms with E-state index in [0.29, 0.717) is 0 Å². The van der Waals surface area contributed by atoms with Crippen molar-refractivity contribution in [3.8, 4) is 11.5 Å². The van der Waals surface area contributed by atoms with Gasteiger partial charge >= 0.3 is 0 Å². The van der Waals surface area contributed by atoms with Crippen LogP contribution in [0.15, 0.2) is 48.5 Å². The summed E-state index contributed by atoms with van der Waals surface area (Å²) in [5, 5.41) is 3.45. The van der Waals surface area contributed by atoms with Gasteiger partial charge in [-0.15, -0.1) is 0 Å². The van der Waals surface area contributed by atoms with E-state index in [4.69, 9.17) is 9.47 Å². The Kier molecular flexibility index (Phi) is 6.78. The number of benzene rings is 2. The highest BCUT2D eigenvalue weighted by Crippen LogP contribution is 2.16. The molecule has 0 atom stereocenters. The van der Waals surface area contributed by atoms with Crippen LogP contribution in [0.2, 0.25) is 0 Å². The second kappa shape index (κ2) is 9.11. The minimum atomic E-state index is 0.764. The van der Waals surface area contributed by atoms with Crippen LogP contribution in [0.1, 0.15) is 24.0 Å². The van der Waals surface area contributed by atoms with Crippen LogP contribution in [-0.2, 0) is 6.54 Å². The maximum Gasteiger partial charge on any atom is 0.123 e. The average molecular weight is 299 g/mol. The van der Waals surface area contributed by atoms with Crippen molar-refractivity contribution in [2.24, 2.45) is 0 Å². The lowest BCUT2D eigenvalue weighted by Gasteiger charge is -2.10. The molecule has 0 aliphatic rings. The molecule has 118 valence electrons. The summed E-state index contributed by atoms with van der Waals surface area (Å²) >= 11 is 0. The highest BCUT2D eigenvalue weighted by atomic mass is 16.5. The largest absolute Gasteiger partial charge is 0.496 e. The zero-order valence-corrected chi connectivity index (χ0v) is 13.5. The van der Waals surface area contributed by atoms with Crippen molar-refractivity contribution in [1.29, 1.82) is 0 Å². The lowest BCUT2D eigenvalue weighted by atomic mass is 10.2. The van der Waals surface area contributed by atoms with Crippen molar-refractivity contribution in [2.45, 2.75) is 26.3 Å². The number of hydrogen-bond donors (Lipinski definition) is 1. The summed E-state index contributed by atoms with van der Waals surface area (Å²) in [6.45, 7) is 4.66. The van der Waals surface area contributed by atoms with Gasteiger partial charge in [0.1, 0.15) is 11.5 Å². The number of unbranched alkanes of at least 4 members (excludes halogenated alkanes) is 1. The molecule has 0 aromatic heterocycles. The van der Waals surface area contributed by atoms with Crippen LogP contribution >= 0.6 is 0 Å². The number of ether oxygens (including phenoxy) is 2. The van der Waals surface area contributed by atoms with Crippen molar-refractivity contribution in [3.63, 3.8) is 0 Å². The number of aryl methyl sites for hydroxylation is 1. The first-order valence-corrected chi connectivity index (χ1v) is 7.81. The molecule has 3 nitrogen and oxygen atoms in total. The van der Waals surface area contributed by atoms with E-state index < -0.39 is 0 Å². The minimum absolute atomic E-state index is 0.764. The predicted octanol–water partition coefficient (Wildman–Crippen LogP) is 3.95. The smallest absolute Gasteiger partial charge is 0.123 e. The zero-order chi connectivity index (χ0) is 15.6. The summed E-state index contributed by atoms with van der Waals surface area (Å²) in [4.78, 5) is 0. The number of para-hydroxylation sites is 1. The van der Waals surface area contributed by atoms with E-state index in [1.807, 2.05) is 30.3 Å². The molecule has 0 unspecified atom stereocenters. The number of rotatable bonds is 9. The second-order valence-electron chi connectivity index (χ2n) is 5.36. The van der Waals surface area contributed by atoms with E-state index in [2.05, 4.69) is 30.4 Å². The van der Waals surface area contributed by atoms with Gasteiger partial charge in [0.15, 0.2) is 0 Å².